The number of fused-ring (bicyclic) bond motifs is 1. The van der Waals surface area contributed by atoms with Crippen molar-refractivity contribution in [3.63, 3.8) is 0 Å². The summed E-state index contributed by atoms with van der Waals surface area (Å²) in [6.07, 6.45) is 1.31. The number of esters is 3. The molecule has 9 nitrogen and oxygen atoms in total. The van der Waals surface area contributed by atoms with Crippen LogP contribution in [-0.2, 0) is 51.0 Å². The fourth-order valence-electron chi connectivity index (χ4n) is 4.34. The summed E-state index contributed by atoms with van der Waals surface area (Å²) in [6.45, 7) is 9.51. The zero-order chi connectivity index (χ0) is 30.6. The average Bonchev–Trinajstić information content (AvgIpc) is 2.88. The van der Waals surface area contributed by atoms with Crippen molar-refractivity contribution in [2.24, 2.45) is 5.92 Å². The molecule has 41 heavy (non-hydrogen) atoms. The third-order valence-corrected chi connectivity index (χ3v) is 7.65. The minimum atomic E-state index is -1.63. The number of hydrogen-bond donors (Lipinski definition) is 1. The van der Waals surface area contributed by atoms with Gasteiger partial charge in [0.1, 0.15) is 29.8 Å². The van der Waals surface area contributed by atoms with Crippen LogP contribution in [0.15, 0.2) is 42.5 Å². The Balaban J connectivity index is 2.32. The maximum Gasteiger partial charge on any atom is 0.329 e. The highest BCUT2D eigenvalue weighted by Gasteiger charge is 2.33. The zero-order valence-electron chi connectivity index (χ0n) is 24.9. The summed E-state index contributed by atoms with van der Waals surface area (Å²) in [5.74, 6) is -3.01. The van der Waals surface area contributed by atoms with Gasteiger partial charge in [0.25, 0.3) is 0 Å². The SMILES string of the molecule is CCCC[C@H](NC(=O)[C@H](Cc1cccc2ccccc12)C[S+]([O-])C[C@H](COC(C)=O)OC(C)=O)C(=O)OC(C)(C)C. The molecule has 1 amide bonds. The van der Waals surface area contributed by atoms with Crippen LogP contribution in [0.4, 0.5) is 0 Å². The lowest BCUT2D eigenvalue weighted by atomic mass is 9.95. The summed E-state index contributed by atoms with van der Waals surface area (Å²) in [5.41, 5.74) is 0.183. The minimum absolute atomic E-state index is 0.0539. The summed E-state index contributed by atoms with van der Waals surface area (Å²) in [6, 6.07) is 12.8. The molecule has 0 aromatic heterocycles. The van der Waals surface area contributed by atoms with E-state index in [0.29, 0.717) is 12.8 Å². The Hall–Kier alpha value is -3.11. The van der Waals surface area contributed by atoms with Crippen LogP contribution >= 0.6 is 0 Å². The molecule has 0 radical (unpaired) electrons. The first-order valence-corrected chi connectivity index (χ1v) is 15.4. The van der Waals surface area contributed by atoms with Crippen molar-refractivity contribution in [1.82, 2.24) is 5.32 Å². The molecule has 0 aliphatic rings. The molecule has 1 N–H and O–H groups in total. The van der Waals surface area contributed by atoms with Gasteiger partial charge in [0.2, 0.25) is 5.91 Å². The molecule has 0 saturated heterocycles. The van der Waals surface area contributed by atoms with Gasteiger partial charge in [0, 0.05) is 13.8 Å². The normalized spacial score (nSPS) is 14.4. The van der Waals surface area contributed by atoms with Crippen molar-refractivity contribution >= 4 is 45.8 Å². The molecule has 0 heterocycles. The molecule has 0 fully saturated rings. The van der Waals surface area contributed by atoms with Crippen molar-refractivity contribution in [2.75, 3.05) is 18.1 Å². The first-order chi connectivity index (χ1) is 19.3. The second kappa shape index (κ2) is 16.4. The second-order valence-electron chi connectivity index (χ2n) is 11.1. The number of ether oxygens (including phenoxy) is 3. The Kier molecular flexibility index (Phi) is 13.6. The van der Waals surface area contributed by atoms with E-state index >= 15 is 0 Å². The predicted octanol–water partition coefficient (Wildman–Crippen LogP) is 4.26. The van der Waals surface area contributed by atoms with Crippen LogP contribution < -0.4 is 5.32 Å². The van der Waals surface area contributed by atoms with Crippen LogP contribution in [0, 0.1) is 5.92 Å². The maximum atomic E-state index is 13.7. The zero-order valence-corrected chi connectivity index (χ0v) is 25.7. The number of nitrogens with one attached hydrogen (secondary N) is 1. The summed E-state index contributed by atoms with van der Waals surface area (Å²) in [4.78, 5) is 49.6. The van der Waals surface area contributed by atoms with E-state index in [-0.39, 0.29) is 24.5 Å². The van der Waals surface area contributed by atoms with Crippen molar-refractivity contribution in [1.29, 1.82) is 0 Å². The van der Waals surface area contributed by atoms with Gasteiger partial charge in [-0.25, -0.2) is 4.79 Å². The molecule has 0 aliphatic heterocycles. The maximum absolute atomic E-state index is 13.7. The monoisotopic (exact) mass is 589 g/mol. The van der Waals surface area contributed by atoms with Crippen molar-refractivity contribution in [3.8, 4) is 0 Å². The third kappa shape index (κ3) is 12.5. The lowest BCUT2D eigenvalue weighted by molar-refractivity contribution is -0.159. The summed E-state index contributed by atoms with van der Waals surface area (Å²) in [5, 5.41) is 4.85. The lowest BCUT2D eigenvalue weighted by Gasteiger charge is -2.27. The number of rotatable bonds is 15. The van der Waals surface area contributed by atoms with Crippen LogP contribution in [0.25, 0.3) is 10.8 Å². The topological polar surface area (TPSA) is 131 Å². The smallest absolute Gasteiger partial charge is 0.329 e. The average molecular weight is 590 g/mol. The highest BCUT2D eigenvalue weighted by molar-refractivity contribution is 7.91. The minimum Gasteiger partial charge on any atom is -0.616 e. The van der Waals surface area contributed by atoms with Crippen LogP contribution in [0.5, 0.6) is 0 Å². The van der Waals surface area contributed by atoms with E-state index in [4.69, 9.17) is 14.2 Å². The molecule has 0 saturated carbocycles. The first-order valence-electron chi connectivity index (χ1n) is 13.9. The summed E-state index contributed by atoms with van der Waals surface area (Å²) in [7, 11) is 0. The van der Waals surface area contributed by atoms with E-state index in [9.17, 15) is 23.7 Å². The molecule has 2 aromatic rings. The fraction of sp³-hybridized carbons (Fsp3) is 0.548. The first kappa shape index (κ1) is 34.1. The van der Waals surface area contributed by atoms with Crippen molar-refractivity contribution in [2.45, 2.75) is 85.0 Å². The molecule has 0 aliphatic carbocycles. The molecule has 0 bridgehead atoms. The van der Waals surface area contributed by atoms with E-state index in [1.165, 1.54) is 13.8 Å². The quantitative estimate of drug-likeness (QED) is 0.185. The predicted molar refractivity (Wildman–Crippen MR) is 159 cm³/mol. The van der Waals surface area contributed by atoms with Crippen LogP contribution in [0.2, 0.25) is 0 Å². The van der Waals surface area contributed by atoms with Gasteiger partial charge < -0.3 is 24.1 Å². The highest BCUT2D eigenvalue weighted by Crippen LogP contribution is 2.23. The summed E-state index contributed by atoms with van der Waals surface area (Å²) >= 11 is -1.63. The number of carbonyl (C=O) groups excluding carboxylic acids is 4. The Labute approximate surface area is 245 Å². The molecule has 226 valence electrons. The van der Waals surface area contributed by atoms with Gasteiger partial charge in [0.15, 0.2) is 6.10 Å². The molecular weight excluding hydrogens is 546 g/mol. The van der Waals surface area contributed by atoms with Gasteiger partial charge >= 0.3 is 17.9 Å². The molecule has 4 atom stereocenters. The Morgan fingerprint density at radius 1 is 0.976 bits per heavy atom. The van der Waals surface area contributed by atoms with Gasteiger partial charge in [-0.1, -0.05) is 62.2 Å². The van der Waals surface area contributed by atoms with Crippen molar-refractivity contribution < 1.29 is 37.9 Å². The molecule has 10 heteroatoms. The van der Waals surface area contributed by atoms with Crippen molar-refractivity contribution in [3.05, 3.63) is 48.0 Å². The number of hydrogen-bond acceptors (Lipinski definition) is 8. The van der Waals surface area contributed by atoms with Gasteiger partial charge in [-0.2, -0.15) is 0 Å². The molecular formula is C31H43NO8S. The van der Waals surface area contributed by atoms with E-state index in [0.717, 1.165) is 22.8 Å². The van der Waals surface area contributed by atoms with Gasteiger partial charge in [-0.15, -0.1) is 0 Å². The largest absolute Gasteiger partial charge is 0.616 e. The third-order valence-electron chi connectivity index (χ3n) is 6.14. The van der Waals surface area contributed by atoms with E-state index in [2.05, 4.69) is 5.32 Å². The number of amides is 1. The van der Waals surface area contributed by atoms with Gasteiger partial charge in [-0.05, 0) is 61.1 Å². The van der Waals surface area contributed by atoms with E-state index in [1.807, 2.05) is 49.4 Å². The van der Waals surface area contributed by atoms with Gasteiger partial charge in [0.05, 0.1) is 5.92 Å². The van der Waals surface area contributed by atoms with Crippen LogP contribution in [0.1, 0.15) is 66.4 Å². The Bertz CT molecular complexity index is 1170. The van der Waals surface area contributed by atoms with Crippen LogP contribution in [0.3, 0.4) is 0 Å². The van der Waals surface area contributed by atoms with E-state index < -0.39 is 58.7 Å². The van der Waals surface area contributed by atoms with E-state index in [1.54, 1.807) is 20.8 Å². The Morgan fingerprint density at radius 2 is 1.66 bits per heavy atom. The Morgan fingerprint density at radius 3 is 2.29 bits per heavy atom. The number of benzene rings is 2. The summed E-state index contributed by atoms with van der Waals surface area (Å²) < 4.78 is 29.1. The number of unbranched alkanes of at least 4 members (excludes halogenated alkanes) is 1. The molecule has 2 rings (SSSR count). The molecule has 2 aromatic carbocycles. The standard InChI is InChI=1S/C31H43NO8S/c1-7-8-16-28(30(36)40-31(4,5)6)32-29(35)25(17-24-14-11-13-23-12-9-10-15-27(23)24)19-41(37)20-26(39-22(3)34)18-38-21(2)33/h9-15,25-26,28H,7-8,16-20H2,1-6H3,(H,32,35)/t25-,26+,28+,41?/m1/s1. The van der Waals surface area contributed by atoms with Gasteiger partial charge in [-0.3, -0.25) is 14.4 Å². The second-order valence-corrected chi connectivity index (χ2v) is 12.6. The highest BCUT2D eigenvalue weighted by atomic mass is 32.2. The molecule has 0 spiro atoms. The molecule has 1 unspecified atom stereocenters. The number of carbonyl (C=O) groups is 4. The lowest BCUT2D eigenvalue weighted by Crippen LogP contribution is -2.48. The fourth-order valence-corrected chi connectivity index (χ4v) is 5.78. The van der Waals surface area contributed by atoms with Crippen LogP contribution in [-0.4, -0.2) is 64.2 Å².